The molecule has 0 spiro atoms. The second-order valence-electron chi connectivity index (χ2n) is 6.12. The number of aromatic nitrogens is 1. The van der Waals surface area contributed by atoms with Crippen molar-refractivity contribution in [2.75, 3.05) is 11.9 Å². The van der Waals surface area contributed by atoms with E-state index in [2.05, 4.69) is 15.6 Å². The van der Waals surface area contributed by atoms with E-state index >= 15 is 0 Å². The molecule has 2 atom stereocenters. The Kier molecular flexibility index (Phi) is 5.22. The third kappa shape index (κ3) is 3.89. The number of hydrogen-bond acceptors (Lipinski definition) is 5. The lowest BCUT2D eigenvalue weighted by Crippen LogP contribution is -2.42. The third-order valence-corrected chi connectivity index (χ3v) is 5.26. The number of hydrogen-bond donors (Lipinski definition) is 2. The SMILES string of the molecule is FC(F)CNC1Nc2ncccc2C(c2ccccc2)=NC1c1cccs1. The molecule has 3 aromatic rings. The van der Waals surface area contributed by atoms with Crippen LogP contribution in [0.5, 0.6) is 0 Å². The molecule has 27 heavy (non-hydrogen) atoms. The predicted octanol–water partition coefficient (Wildman–Crippen LogP) is 4.33. The van der Waals surface area contributed by atoms with Crippen LogP contribution in [0.3, 0.4) is 0 Å². The normalized spacial score (nSPS) is 19.1. The molecule has 2 aromatic heterocycles. The highest BCUT2D eigenvalue weighted by atomic mass is 32.1. The zero-order valence-electron chi connectivity index (χ0n) is 14.3. The summed E-state index contributed by atoms with van der Waals surface area (Å²) in [6.07, 6.45) is -1.25. The highest BCUT2D eigenvalue weighted by Crippen LogP contribution is 2.32. The smallest absolute Gasteiger partial charge is 0.250 e. The number of fused-ring (bicyclic) bond motifs is 1. The number of pyridine rings is 1. The van der Waals surface area contributed by atoms with Crippen LogP contribution in [-0.4, -0.2) is 29.8 Å². The van der Waals surface area contributed by atoms with Crippen LogP contribution in [0.4, 0.5) is 14.6 Å². The number of alkyl halides is 2. The van der Waals surface area contributed by atoms with Gasteiger partial charge in [0.25, 0.3) is 6.43 Å². The molecule has 7 heteroatoms. The first-order valence-electron chi connectivity index (χ1n) is 8.62. The number of rotatable bonds is 5. The molecule has 0 saturated heterocycles. The van der Waals surface area contributed by atoms with Crippen LogP contribution in [0, 0.1) is 0 Å². The summed E-state index contributed by atoms with van der Waals surface area (Å²) in [5.74, 6) is 0.630. The van der Waals surface area contributed by atoms with Crippen molar-refractivity contribution in [2.24, 2.45) is 4.99 Å². The molecule has 0 aliphatic carbocycles. The van der Waals surface area contributed by atoms with Crippen LogP contribution >= 0.6 is 11.3 Å². The first-order valence-corrected chi connectivity index (χ1v) is 9.50. The van der Waals surface area contributed by atoms with Crippen LogP contribution in [0.25, 0.3) is 0 Å². The lowest BCUT2D eigenvalue weighted by Gasteiger charge is -2.24. The molecule has 0 amide bonds. The van der Waals surface area contributed by atoms with Gasteiger partial charge in [0.1, 0.15) is 18.0 Å². The molecule has 2 unspecified atom stereocenters. The van der Waals surface area contributed by atoms with Gasteiger partial charge in [0.05, 0.1) is 12.3 Å². The summed E-state index contributed by atoms with van der Waals surface area (Å²) in [5, 5.41) is 8.17. The Morgan fingerprint density at radius 2 is 1.93 bits per heavy atom. The first-order chi connectivity index (χ1) is 13.2. The van der Waals surface area contributed by atoms with Gasteiger partial charge in [-0.15, -0.1) is 11.3 Å². The van der Waals surface area contributed by atoms with Crippen molar-refractivity contribution in [3.05, 3.63) is 82.2 Å². The largest absolute Gasteiger partial charge is 0.352 e. The van der Waals surface area contributed by atoms with E-state index in [9.17, 15) is 8.78 Å². The van der Waals surface area contributed by atoms with Crippen molar-refractivity contribution < 1.29 is 8.78 Å². The molecule has 1 aromatic carbocycles. The van der Waals surface area contributed by atoms with Gasteiger partial charge < -0.3 is 5.32 Å². The zero-order chi connectivity index (χ0) is 18.6. The molecule has 0 saturated carbocycles. The fourth-order valence-corrected chi connectivity index (χ4v) is 3.91. The summed E-state index contributed by atoms with van der Waals surface area (Å²) in [7, 11) is 0. The Morgan fingerprint density at radius 1 is 1.07 bits per heavy atom. The number of anilines is 1. The molecular formula is C20H18F2N4S. The lowest BCUT2D eigenvalue weighted by atomic mass is 10.0. The van der Waals surface area contributed by atoms with E-state index in [0.717, 1.165) is 21.7 Å². The number of thiophene rings is 1. The monoisotopic (exact) mass is 384 g/mol. The number of benzene rings is 1. The summed E-state index contributed by atoms with van der Waals surface area (Å²) in [5.41, 5.74) is 2.61. The van der Waals surface area contributed by atoms with E-state index in [1.165, 1.54) is 0 Å². The predicted molar refractivity (Wildman–Crippen MR) is 105 cm³/mol. The molecule has 1 aliphatic rings. The summed E-state index contributed by atoms with van der Waals surface area (Å²) < 4.78 is 25.7. The van der Waals surface area contributed by atoms with E-state index in [1.54, 1.807) is 17.5 Å². The van der Waals surface area contributed by atoms with E-state index < -0.39 is 19.1 Å². The molecule has 1 aliphatic heterocycles. The van der Waals surface area contributed by atoms with Crippen molar-refractivity contribution in [3.8, 4) is 0 Å². The Morgan fingerprint density at radius 3 is 2.67 bits per heavy atom. The molecule has 3 heterocycles. The Hall–Kier alpha value is -2.64. The van der Waals surface area contributed by atoms with Gasteiger partial charge in [-0.2, -0.15) is 0 Å². The Labute approximate surface area is 160 Å². The first kappa shape index (κ1) is 17.8. The summed E-state index contributed by atoms with van der Waals surface area (Å²) in [4.78, 5) is 10.4. The topological polar surface area (TPSA) is 49.3 Å². The summed E-state index contributed by atoms with van der Waals surface area (Å²) in [6, 6.07) is 17.2. The second-order valence-corrected chi connectivity index (χ2v) is 7.10. The highest BCUT2D eigenvalue weighted by molar-refractivity contribution is 7.10. The molecule has 4 nitrogen and oxygen atoms in total. The standard InChI is InChI=1S/C20H18F2N4S/c21-16(22)12-24-20-18(15-9-5-11-27-15)25-17(13-6-2-1-3-7-13)14-8-4-10-23-19(14)26-20/h1-11,16,18,20,24H,12H2,(H,23,26). The maximum atomic E-state index is 12.9. The molecule has 0 fully saturated rings. The van der Waals surface area contributed by atoms with Gasteiger partial charge in [0.15, 0.2) is 0 Å². The molecule has 0 bridgehead atoms. The number of nitrogens with one attached hydrogen (secondary N) is 2. The van der Waals surface area contributed by atoms with Crippen LogP contribution in [-0.2, 0) is 0 Å². The van der Waals surface area contributed by atoms with Crippen LogP contribution in [0.1, 0.15) is 22.0 Å². The van der Waals surface area contributed by atoms with Crippen LogP contribution in [0.2, 0.25) is 0 Å². The van der Waals surface area contributed by atoms with Crippen molar-refractivity contribution in [1.29, 1.82) is 0 Å². The maximum Gasteiger partial charge on any atom is 0.250 e. The number of halogens is 2. The van der Waals surface area contributed by atoms with Crippen molar-refractivity contribution in [1.82, 2.24) is 10.3 Å². The molecule has 2 N–H and O–H groups in total. The summed E-state index contributed by atoms with van der Waals surface area (Å²) >= 11 is 1.56. The maximum absolute atomic E-state index is 12.9. The van der Waals surface area contributed by atoms with Gasteiger partial charge in [-0.05, 0) is 23.6 Å². The average Bonchev–Trinajstić information content (AvgIpc) is 3.16. The average molecular weight is 384 g/mol. The minimum absolute atomic E-state index is 0.354. The van der Waals surface area contributed by atoms with E-state index in [0.29, 0.717) is 5.82 Å². The molecule has 138 valence electrons. The molecular weight excluding hydrogens is 366 g/mol. The van der Waals surface area contributed by atoms with Crippen molar-refractivity contribution >= 4 is 22.9 Å². The summed E-state index contributed by atoms with van der Waals surface area (Å²) in [6.45, 7) is -0.419. The van der Waals surface area contributed by atoms with Crippen molar-refractivity contribution in [3.63, 3.8) is 0 Å². The molecule has 4 rings (SSSR count). The highest BCUT2D eigenvalue weighted by Gasteiger charge is 2.30. The van der Waals surface area contributed by atoms with Crippen LogP contribution < -0.4 is 10.6 Å². The van der Waals surface area contributed by atoms with E-state index in [4.69, 9.17) is 4.99 Å². The third-order valence-electron chi connectivity index (χ3n) is 4.31. The Bertz CT molecular complexity index is 913. The minimum atomic E-state index is -2.44. The number of nitrogens with zero attached hydrogens (tertiary/aromatic N) is 2. The van der Waals surface area contributed by atoms with Gasteiger partial charge in [0.2, 0.25) is 0 Å². The van der Waals surface area contributed by atoms with Gasteiger partial charge in [-0.1, -0.05) is 36.4 Å². The van der Waals surface area contributed by atoms with Crippen molar-refractivity contribution in [2.45, 2.75) is 18.6 Å². The second kappa shape index (κ2) is 7.94. The van der Waals surface area contributed by atoms with E-state index in [-0.39, 0.29) is 6.04 Å². The van der Waals surface area contributed by atoms with Gasteiger partial charge in [-0.3, -0.25) is 10.3 Å². The Balaban J connectivity index is 1.84. The lowest BCUT2D eigenvalue weighted by molar-refractivity contribution is 0.141. The fourth-order valence-electron chi connectivity index (χ4n) is 3.11. The quantitative estimate of drug-likeness (QED) is 0.688. The van der Waals surface area contributed by atoms with Gasteiger partial charge in [0, 0.05) is 22.2 Å². The van der Waals surface area contributed by atoms with Gasteiger partial charge >= 0.3 is 0 Å². The zero-order valence-corrected chi connectivity index (χ0v) is 15.2. The minimum Gasteiger partial charge on any atom is -0.352 e. The number of aliphatic imine (C=N–C) groups is 1. The van der Waals surface area contributed by atoms with E-state index in [1.807, 2.05) is 60.0 Å². The fraction of sp³-hybridized carbons (Fsp3) is 0.200. The molecule has 0 radical (unpaired) electrons. The van der Waals surface area contributed by atoms with Crippen LogP contribution in [0.15, 0.2) is 71.2 Å². The van der Waals surface area contributed by atoms with Gasteiger partial charge in [-0.25, -0.2) is 13.8 Å².